The van der Waals surface area contributed by atoms with Crippen molar-refractivity contribution in [3.8, 4) is 11.1 Å². The zero-order chi connectivity index (χ0) is 24.3. The smallest absolute Gasteiger partial charge is 0.263 e. The molecule has 4 aromatic rings. The standard InChI is InChI=1S/C28H26N2O4S/c31-28(30-33-21-23-12-6-2-7-13-23)27(20-22-10-4-1-5-11-22)29-34-35(32)26-18-16-25(17-19-26)24-14-8-3-9-15-24/h1-19,27,29H,20-21H2,(H,30,31). The average Bonchev–Trinajstić information content (AvgIpc) is 2.92. The summed E-state index contributed by atoms with van der Waals surface area (Å²) in [6.45, 7) is 0.227. The molecule has 2 unspecified atom stereocenters. The van der Waals surface area contributed by atoms with Crippen LogP contribution in [-0.2, 0) is 38.0 Å². The Balaban J connectivity index is 1.36. The number of nitrogens with one attached hydrogen (secondary N) is 2. The lowest BCUT2D eigenvalue weighted by Crippen LogP contribution is -2.45. The van der Waals surface area contributed by atoms with Gasteiger partial charge in [-0.25, -0.2) is 9.69 Å². The molecule has 1 amide bonds. The van der Waals surface area contributed by atoms with Gasteiger partial charge in [-0.15, -0.1) is 0 Å². The molecule has 0 aliphatic heterocycles. The molecule has 7 heteroatoms. The number of benzene rings is 4. The number of carbonyl (C=O) groups excluding carboxylic acids is 1. The van der Waals surface area contributed by atoms with Gasteiger partial charge in [0.2, 0.25) is 11.1 Å². The molecule has 2 atom stereocenters. The second-order valence-corrected chi connectivity index (χ2v) is 8.92. The lowest BCUT2D eigenvalue weighted by Gasteiger charge is -2.17. The highest BCUT2D eigenvalue weighted by Crippen LogP contribution is 2.20. The normalized spacial score (nSPS) is 12.6. The highest BCUT2D eigenvalue weighted by molar-refractivity contribution is 7.80. The van der Waals surface area contributed by atoms with E-state index in [0.717, 1.165) is 22.3 Å². The molecule has 4 rings (SSSR count). The molecular formula is C28H26N2O4S. The number of rotatable bonds is 11. The average molecular weight is 487 g/mol. The first kappa shape index (κ1) is 24.5. The third-order valence-electron chi connectivity index (χ3n) is 5.27. The number of amides is 1. The van der Waals surface area contributed by atoms with Gasteiger partial charge in [-0.1, -0.05) is 103 Å². The number of hydrogen-bond donors (Lipinski definition) is 2. The van der Waals surface area contributed by atoms with Crippen LogP contribution < -0.4 is 11.0 Å². The summed E-state index contributed by atoms with van der Waals surface area (Å²) in [6, 6.07) is 35.4. The monoisotopic (exact) mass is 486 g/mol. The molecule has 2 N–H and O–H groups in total. The van der Waals surface area contributed by atoms with Gasteiger partial charge in [0.15, 0.2) is 0 Å². The van der Waals surface area contributed by atoms with Crippen molar-refractivity contribution < 1.29 is 18.1 Å². The van der Waals surface area contributed by atoms with E-state index in [2.05, 4.69) is 11.0 Å². The van der Waals surface area contributed by atoms with E-state index in [-0.39, 0.29) is 6.61 Å². The summed E-state index contributed by atoms with van der Waals surface area (Å²) >= 11 is -1.81. The largest absolute Gasteiger partial charge is 0.271 e. The minimum absolute atomic E-state index is 0.227. The van der Waals surface area contributed by atoms with Gasteiger partial charge in [0, 0.05) is 0 Å². The minimum atomic E-state index is -1.81. The highest BCUT2D eigenvalue weighted by atomic mass is 32.2. The molecule has 0 saturated heterocycles. The van der Waals surface area contributed by atoms with E-state index in [9.17, 15) is 9.00 Å². The second kappa shape index (κ2) is 12.7. The van der Waals surface area contributed by atoms with Crippen LogP contribution in [0.2, 0.25) is 0 Å². The molecule has 0 bridgehead atoms. The summed E-state index contributed by atoms with van der Waals surface area (Å²) in [7, 11) is 0. The Hall–Kier alpha value is -3.62. The fraction of sp³-hybridized carbons (Fsp3) is 0.107. The quantitative estimate of drug-likeness (QED) is 0.299. The Kier molecular flexibility index (Phi) is 8.91. The molecule has 6 nitrogen and oxygen atoms in total. The predicted octanol–water partition coefficient (Wildman–Crippen LogP) is 4.76. The van der Waals surface area contributed by atoms with E-state index < -0.39 is 23.0 Å². The van der Waals surface area contributed by atoms with Crippen LogP contribution in [0.15, 0.2) is 120 Å². The maximum atomic E-state index is 12.8. The predicted molar refractivity (Wildman–Crippen MR) is 136 cm³/mol. The maximum Gasteiger partial charge on any atom is 0.263 e. The number of hydroxylamine groups is 2. The van der Waals surface area contributed by atoms with E-state index in [1.54, 1.807) is 12.1 Å². The van der Waals surface area contributed by atoms with Crippen molar-refractivity contribution in [3.63, 3.8) is 0 Å². The van der Waals surface area contributed by atoms with E-state index in [4.69, 9.17) is 9.12 Å². The molecule has 0 spiro atoms. The maximum absolute atomic E-state index is 12.8. The highest BCUT2D eigenvalue weighted by Gasteiger charge is 2.21. The van der Waals surface area contributed by atoms with Crippen molar-refractivity contribution in [1.82, 2.24) is 11.0 Å². The first-order chi connectivity index (χ1) is 17.2. The SMILES string of the molecule is O=C(NOCc1ccccc1)C(Cc1ccccc1)NOS(=O)c1ccc(-c2ccccc2)cc1. The Morgan fingerprint density at radius 2 is 1.26 bits per heavy atom. The molecule has 178 valence electrons. The Labute approximate surface area is 207 Å². The molecule has 0 fully saturated rings. The minimum Gasteiger partial charge on any atom is -0.271 e. The van der Waals surface area contributed by atoms with Crippen LogP contribution in [0.4, 0.5) is 0 Å². The van der Waals surface area contributed by atoms with Crippen LogP contribution in [0.25, 0.3) is 11.1 Å². The molecular weight excluding hydrogens is 460 g/mol. The molecule has 35 heavy (non-hydrogen) atoms. The van der Waals surface area contributed by atoms with Crippen molar-refractivity contribution in [3.05, 3.63) is 126 Å². The van der Waals surface area contributed by atoms with Crippen LogP contribution in [0.5, 0.6) is 0 Å². The fourth-order valence-electron chi connectivity index (χ4n) is 3.41. The van der Waals surface area contributed by atoms with Gasteiger partial charge < -0.3 is 0 Å². The lowest BCUT2D eigenvalue weighted by molar-refractivity contribution is -0.138. The van der Waals surface area contributed by atoms with Gasteiger partial charge in [-0.3, -0.25) is 9.63 Å². The van der Waals surface area contributed by atoms with Gasteiger partial charge in [0.1, 0.15) is 6.04 Å². The summed E-state index contributed by atoms with van der Waals surface area (Å²) in [6.07, 6.45) is 0.325. The topological polar surface area (TPSA) is 76.7 Å². The molecule has 0 saturated carbocycles. The van der Waals surface area contributed by atoms with E-state index in [1.807, 2.05) is 103 Å². The molecule has 0 radical (unpaired) electrons. The van der Waals surface area contributed by atoms with Crippen molar-refractivity contribution in [2.75, 3.05) is 0 Å². The van der Waals surface area contributed by atoms with Gasteiger partial charge >= 0.3 is 0 Å². The third kappa shape index (κ3) is 7.43. The van der Waals surface area contributed by atoms with E-state index >= 15 is 0 Å². The lowest BCUT2D eigenvalue weighted by atomic mass is 10.1. The van der Waals surface area contributed by atoms with Crippen LogP contribution in [-0.4, -0.2) is 16.2 Å². The van der Waals surface area contributed by atoms with Crippen molar-refractivity contribution in [2.45, 2.75) is 24.0 Å². The van der Waals surface area contributed by atoms with Gasteiger partial charge in [0.25, 0.3) is 5.91 Å². The summed E-state index contributed by atoms with van der Waals surface area (Å²) in [5, 5.41) is 0. The zero-order valence-electron chi connectivity index (χ0n) is 19.0. The molecule has 0 heterocycles. The number of carbonyl (C=O) groups is 1. The van der Waals surface area contributed by atoms with Gasteiger partial charge in [-0.2, -0.15) is 9.76 Å². The Bertz CT molecular complexity index is 1220. The van der Waals surface area contributed by atoms with Crippen molar-refractivity contribution in [2.24, 2.45) is 0 Å². The zero-order valence-corrected chi connectivity index (χ0v) is 19.8. The van der Waals surface area contributed by atoms with Gasteiger partial charge in [-0.05, 0) is 40.8 Å². The van der Waals surface area contributed by atoms with Crippen LogP contribution >= 0.6 is 0 Å². The van der Waals surface area contributed by atoms with Crippen LogP contribution in [0.3, 0.4) is 0 Å². The van der Waals surface area contributed by atoms with Gasteiger partial charge in [0.05, 0.1) is 11.5 Å². The van der Waals surface area contributed by atoms with E-state index in [0.29, 0.717) is 11.3 Å². The summed E-state index contributed by atoms with van der Waals surface area (Å²) in [5.41, 5.74) is 9.06. The molecule has 0 aliphatic carbocycles. The Morgan fingerprint density at radius 1 is 0.714 bits per heavy atom. The summed E-state index contributed by atoms with van der Waals surface area (Å²) in [5.74, 6) is -0.429. The van der Waals surface area contributed by atoms with Crippen molar-refractivity contribution in [1.29, 1.82) is 0 Å². The first-order valence-electron chi connectivity index (χ1n) is 11.2. The van der Waals surface area contributed by atoms with Crippen LogP contribution in [0.1, 0.15) is 11.1 Å². The third-order valence-corrected chi connectivity index (χ3v) is 6.18. The molecule has 4 aromatic carbocycles. The van der Waals surface area contributed by atoms with E-state index in [1.165, 1.54) is 0 Å². The summed E-state index contributed by atoms with van der Waals surface area (Å²) in [4.78, 5) is 18.7. The second-order valence-electron chi connectivity index (χ2n) is 7.81. The Morgan fingerprint density at radius 3 is 1.89 bits per heavy atom. The fourth-order valence-corrected chi connectivity index (χ4v) is 4.07. The molecule has 0 aliphatic rings. The number of hydrogen-bond acceptors (Lipinski definition) is 5. The van der Waals surface area contributed by atoms with Crippen molar-refractivity contribution >= 4 is 17.0 Å². The molecule has 0 aromatic heterocycles. The first-order valence-corrected chi connectivity index (χ1v) is 12.3. The summed E-state index contributed by atoms with van der Waals surface area (Å²) < 4.78 is 18.1. The van der Waals surface area contributed by atoms with Crippen LogP contribution in [0, 0.1) is 0 Å².